The molecule has 7 heteroatoms. The number of aromatic nitrogens is 2. The number of ether oxygens (including phenoxy) is 2. The quantitative estimate of drug-likeness (QED) is 0.552. The molecule has 0 spiro atoms. The van der Waals surface area contributed by atoms with Gasteiger partial charge in [-0.05, 0) is 68.4 Å². The van der Waals surface area contributed by atoms with E-state index in [4.69, 9.17) is 14.6 Å². The molecular formula is C27H32N4O3. The fraction of sp³-hybridized carbons (Fsp3) is 0.481. The molecule has 2 aromatic carbocycles. The van der Waals surface area contributed by atoms with Crippen LogP contribution in [0.15, 0.2) is 42.6 Å². The van der Waals surface area contributed by atoms with Crippen molar-refractivity contribution >= 4 is 28.2 Å². The van der Waals surface area contributed by atoms with Gasteiger partial charge in [0.2, 0.25) is 0 Å². The van der Waals surface area contributed by atoms with Crippen LogP contribution in [0.4, 0.5) is 11.4 Å². The molecule has 1 aromatic heterocycles. The van der Waals surface area contributed by atoms with E-state index in [9.17, 15) is 4.79 Å². The molecule has 3 aromatic rings. The highest BCUT2D eigenvalue weighted by molar-refractivity contribution is 6.07. The zero-order valence-corrected chi connectivity index (χ0v) is 19.7. The SMILES string of the molecule is C[C@H]1CC[C@H](n2cc3cc4c(cc3n2)N2CC[C@H](C2)OCCOc2cccc(c2)C(=O)N4)CC1. The fourth-order valence-corrected chi connectivity index (χ4v) is 5.51. The lowest BCUT2D eigenvalue weighted by molar-refractivity contribution is 0.0465. The van der Waals surface area contributed by atoms with E-state index in [2.05, 4.69) is 40.2 Å². The highest BCUT2D eigenvalue weighted by Gasteiger charge is 2.27. The Kier molecular flexibility index (Phi) is 5.65. The molecule has 1 amide bonds. The molecule has 34 heavy (non-hydrogen) atoms. The molecule has 0 radical (unpaired) electrons. The smallest absolute Gasteiger partial charge is 0.255 e. The molecule has 3 aliphatic rings. The minimum atomic E-state index is -0.135. The number of nitrogens with zero attached hydrogens (tertiary/aromatic N) is 3. The maximum atomic E-state index is 13.2. The van der Waals surface area contributed by atoms with Crippen molar-refractivity contribution in [1.29, 1.82) is 0 Å². The summed E-state index contributed by atoms with van der Waals surface area (Å²) in [5.74, 6) is 1.35. The molecule has 1 atom stereocenters. The van der Waals surface area contributed by atoms with Crippen LogP contribution in [0.5, 0.6) is 5.75 Å². The van der Waals surface area contributed by atoms with Crippen molar-refractivity contribution in [2.24, 2.45) is 5.92 Å². The van der Waals surface area contributed by atoms with Crippen LogP contribution in [0.3, 0.4) is 0 Å². The second-order valence-corrected chi connectivity index (χ2v) is 10.0. The molecule has 6 rings (SSSR count). The number of anilines is 2. The predicted octanol–water partition coefficient (Wildman–Crippen LogP) is 5.03. The summed E-state index contributed by atoms with van der Waals surface area (Å²) in [6, 6.07) is 12.0. The summed E-state index contributed by atoms with van der Waals surface area (Å²) >= 11 is 0. The molecule has 1 N–H and O–H groups in total. The van der Waals surface area contributed by atoms with Crippen molar-refractivity contribution in [3.05, 3.63) is 48.2 Å². The first-order valence-corrected chi connectivity index (χ1v) is 12.6. The fourth-order valence-electron chi connectivity index (χ4n) is 5.51. The third-order valence-corrected chi connectivity index (χ3v) is 7.53. The van der Waals surface area contributed by atoms with Gasteiger partial charge >= 0.3 is 0 Å². The Morgan fingerprint density at radius 1 is 1.06 bits per heavy atom. The molecule has 1 aliphatic carbocycles. The van der Waals surface area contributed by atoms with Gasteiger partial charge in [-0.3, -0.25) is 9.48 Å². The Labute approximate surface area is 200 Å². The maximum Gasteiger partial charge on any atom is 0.255 e. The van der Waals surface area contributed by atoms with Crippen molar-refractivity contribution in [1.82, 2.24) is 9.78 Å². The molecule has 1 saturated heterocycles. The van der Waals surface area contributed by atoms with E-state index in [1.54, 1.807) is 6.07 Å². The van der Waals surface area contributed by atoms with Gasteiger partial charge in [0.25, 0.3) is 5.91 Å². The van der Waals surface area contributed by atoms with Crippen molar-refractivity contribution < 1.29 is 14.3 Å². The van der Waals surface area contributed by atoms with Crippen LogP contribution in [0.25, 0.3) is 10.9 Å². The van der Waals surface area contributed by atoms with Gasteiger partial charge in [-0.15, -0.1) is 0 Å². The molecule has 3 heterocycles. The summed E-state index contributed by atoms with van der Waals surface area (Å²) < 4.78 is 14.1. The number of fused-ring (bicyclic) bond motifs is 7. The van der Waals surface area contributed by atoms with Gasteiger partial charge in [0.05, 0.1) is 35.6 Å². The lowest BCUT2D eigenvalue weighted by Crippen LogP contribution is -2.26. The monoisotopic (exact) mass is 460 g/mol. The summed E-state index contributed by atoms with van der Waals surface area (Å²) in [4.78, 5) is 15.5. The largest absolute Gasteiger partial charge is 0.491 e. The number of rotatable bonds is 1. The number of hydrogen-bond acceptors (Lipinski definition) is 5. The summed E-state index contributed by atoms with van der Waals surface area (Å²) in [6.07, 6.45) is 8.12. The summed E-state index contributed by atoms with van der Waals surface area (Å²) in [6.45, 7) is 5.02. The number of carbonyl (C=O) groups is 1. The number of benzene rings is 2. The zero-order valence-electron chi connectivity index (χ0n) is 19.7. The normalized spacial score (nSPS) is 25.4. The van der Waals surface area contributed by atoms with Crippen LogP contribution >= 0.6 is 0 Å². The van der Waals surface area contributed by atoms with E-state index < -0.39 is 0 Å². The van der Waals surface area contributed by atoms with Gasteiger partial charge in [-0.25, -0.2) is 0 Å². The Hall–Kier alpha value is -3.06. The molecular weight excluding hydrogens is 428 g/mol. The minimum absolute atomic E-state index is 0.135. The predicted molar refractivity (Wildman–Crippen MR) is 133 cm³/mol. The van der Waals surface area contributed by atoms with Crippen molar-refractivity contribution in [2.75, 3.05) is 36.5 Å². The van der Waals surface area contributed by atoms with E-state index in [0.29, 0.717) is 30.6 Å². The van der Waals surface area contributed by atoms with Crippen molar-refractivity contribution in [3.63, 3.8) is 0 Å². The summed E-state index contributed by atoms with van der Waals surface area (Å²) in [5.41, 5.74) is 3.39. The lowest BCUT2D eigenvalue weighted by atomic mass is 9.87. The van der Waals surface area contributed by atoms with Gasteiger partial charge < -0.3 is 19.7 Å². The molecule has 1 saturated carbocycles. The average molecular weight is 461 g/mol. The highest BCUT2D eigenvalue weighted by Crippen LogP contribution is 2.37. The number of nitrogens with one attached hydrogen (secondary N) is 1. The Bertz CT molecular complexity index is 1200. The van der Waals surface area contributed by atoms with Gasteiger partial charge in [0.1, 0.15) is 12.4 Å². The van der Waals surface area contributed by atoms with E-state index in [1.165, 1.54) is 25.7 Å². The zero-order chi connectivity index (χ0) is 23.1. The van der Waals surface area contributed by atoms with Crippen LogP contribution in [0, 0.1) is 5.92 Å². The van der Waals surface area contributed by atoms with E-state index in [0.717, 1.165) is 47.7 Å². The molecule has 2 aliphatic heterocycles. The third-order valence-electron chi connectivity index (χ3n) is 7.53. The highest BCUT2D eigenvalue weighted by atomic mass is 16.5. The van der Waals surface area contributed by atoms with Gasteiger partial charge in [0.15, 0.2) is 0 Å². The Balaban J connectivity index is 1.38. The third kappa shape index (κ3) is 4.25. The first kappa shape index (κ1) is 21.5. The van der Waals surface area contributed by atoms with E-state index in [-0.39, 0.29) is 12.0 Å². The van der Waals surface area contributed by atoms with Crippen LogP contribution in [-0.2, 0) is 4.74 Å². The van der Waals surface area contributed by atoms with Crippen LogP contribution in [-0.4, -0.2) is 48.1 Å². The van der Waals surface area contributed by atoms with Crippen molar-refractivity contribution in [3.8, 4) is 5.75 Å². The summed E-state index contributed by atoms with van der Waals surface area (Å²) in [7, 11) is 0. The number of hydrogen-bond donors (Lipinski definition) is 1. The van der Waals surface area contributed by atoms with Crippen LogP contribution in [0.2, 0.25) is 0 Å². The molecule has 0 unspecified atom stereocenters. The Morgan fingerprint density at radius 2 is 1.94 bits per heavy atom. The van der Waals surface area contributed by atoms with Gasteiger partial charge in [-0.2, -0.15) is 5.10 Å². The Morgan fingerprint density at radius 3 is 2.82 bits per heavy atom. The van der Waals surface area contributed by atoms with E-state index in [1.807, 2.05) is 18.2 Å². The number of carbonyl (C=O) groups excluding carboxylic acids is 1. The molecule has 7 nitrogen and oxygen atoms in total. The minimum Gasteiger partial charge on any atom is -0.491 e. The average Bonchev–Trinajstić information content (AvgIpc) is 3.48. The second-order valence-electron chi connectivity index (χ2n) is 10.0. The molecule has 4 bridgehead atoms. The van der Waals surface area contributed by atoms with Crippen LogP contribution < -0.4 is 15.0 Å². The molecule has 178 valence electrons. The van der Waals surface area contributed by atoms with Gasteiger partial charge in [-0.1, -0.05) is 13.0 Å². The van der Waals surface area contributed by atoms with Crippen LogP contribution in [0.1, 0.15) is 55.4 Å². The summed E-state index contributed by atoms with van der Waals surface area (Å²) in [5, 5.41) is 9.21. The van der Waals surface area contributed by atoms with E-state index >= 15 is 0 Å². The molecule has 2 fully saturated rings. The topological polar surface area (TPSA) is 68.6 Å². The first-order chi connectivity index (χ1) is 16.6. The first-order valence-electron chi connectivity index (χ1n) is 12.6. The second kappa shape index (κ2) is 8.95. The lowest BCUT2D eigenvalue weighted by Gasteiger charge is -2.26. The standard InChI is InChI=1S/C27H32N4O3/c1-18-5-7-21(8-6-18)31-16-20-14-25-26(15-24(20)29-31)30-10-9-23(17-30)34-12-11-33-22-4-2-3-19(13-22)27(32)28-25/h2-4,13-16,18,21,23H,5-12,17H2,1H3,(H,28,32)/t18-,21-,23-/m1/s1. The maximum absolute atomic E-state index is 13.2. The van der Waals surface area contributed by atoms with Gasteiger partial charge in [0, 0.05) is 30.2 Å². The van der Waals surface area contributed by atoms with Crippen molar-refractivity contribution in [2.45, 2.75) is 51.2 Å². The number of amides is 1.